The summed E-state index contributed by atoms with van der Waals surface area (Å²) in [6, 6.07) is 94.5. The summed E-state index contributed by atoms with van der Waals surface area (Å²) in [6.45, 7) is 0. The molecule has 0 radical (unpaired) electrons. The van der Waals surface area contributed by atoms with E-state index in [0.717, 1.165) is 34.1 Å². The van der Waals surface area contributed by atoms with Crippen LogP contribution >= 0.6 is 0 Å². The van der Waals surface area contributed by atoms with Crippen LogP contribution in [-0.4, -0.2) is 0 Å². The molecule has 0 heterocycles. The van der Waals surface area contributed by atoms with Gasteiger partial charge in [0.2, 0.25) is 0 Å². The second kappa shape index (κ2) is 14.7. The Morgan fingerprint density at radius 3 is 1.31 bits per heavy atom. The summed E-state index contributed by atoms with van der Waals surface area (Å²) in [7, 11) is 0. The minimum atomic E-state index is -0.604. The van der Waals surface area contributed by atoms with Gasteiger partial charge in [0.15, 0.2) is 0 Å². The molecule has 12 aromatic carbocycles. The highest BCUT2D eigenvalue weighted by Gasteiger charge is 2.53. The predicted octanol–water partition coefficient (Wildman–Crippen LogP) is 17.6. The van der Waals surface area contributed by atoms with Crippen LogP contribution in [0.3, 0.4) is 0 Å². The van der Waals surface area contributed by atoms with Gasteiger partial charge < -0.3 is 9.80 Å². The molecule has 0 saturated heterocycles. The van der Waals surface area contributed by atoms with Gasteiger partial charge in [0, 0.05) is 33.5 Å². The Morgan fingerprint density at radius 1 is 0.254 bits per heavy atom. The molecular formula is C65H42N2. The highest BCUT2D eigenvalue weighted by atomic mass is 15.1. The third kappa shape index (κ3) is 5.39. The molecule has 0 aliphatic heterocycles. The molecule has 0 amide bonds. The van der Waals surface area contributed by atoms with Crippen molar-refractivity contribution in [3.8, 4) is 22.3 Å². The van der Waals surface area contributed by atoms with Gasteiger partial charge in [-0.05, 0) is 137 Å². The van der Waals surface area contributed by atoms with Crippen LogP contribution in [0, 0.1) is 0 Å². The summed E-state index contributed by atoms with van der Waals surface area (Å²) < 4.78 is 0. The molecule has 312 valence electrons. The lowest BCUT2D eigenvalue weighted by Crippen LogP contribution is -2.26. The van der Waals surface area contributed by atoms with E-state index in [1.54, 1.807) is 0 Å². The van der Waals surface area contributed by atoms with Gasteiger partial charge in [-0.1, -0.05) is 194 Å². The van der Waals surface area contributed by atoms with Crippen LogP contribution in [-0.2, 0) is 5.41 Å². The molecule has 67 heavy (non-hydrogen) atoms. The maximum Gasteiger partial charge on any atom is 0.0732 e. The number of para-hydroxylation sites is 2. The fraction of sp³-hybridized carbons (Fsp3) is 0.0154. The number of benzene rings is 12. The van der Waals surface area contributed by atoms with E-state index in [0.29, 0.717) is 0 Å². The molecule has 1 spiro atoms. The topological polar surface area (TPSA) is 6.48 Å². The van der Waals surface area contributed by atoms with Crippen molar-refractivity contribution in [3.05, 3.63) is 277 Å². The molecule has 2 nitrogen and oxygen atoms in total. The van der Waals surface area contributed by atoms with Crippen LogP contribution in [0.5, 0.6) is 0 Å². The van der Waals surface area contributed by atoms with E-state index in [2.05, 4.69) is 265 Å². The molecule has 2 aliphatic carbocycles. The maximum absolute atomic E-state index is 2.52. The molecule has 0 atom stereocenters. The molecule has 2 heteroatoms. The number of anilines is 6. The Kier molecular flexibility index (Phi) is 8.23. The fourth-order valence-corrected chi connectivity index (χ4v) is 11.9. The van der Waals surface area contributed by atoms with Gasteiger partial charge >= 0.3 is 0 Å². The van der Waals surface area contributed by atoms with Crippen molar-refractivity contribution in [2.24, 2.45) is 0 Å². The Balaban J connectivity index is 1.09. The fourth-order valence-electron chi connectivity index (χ4n) is 11.9. The molecule has 12 aromatic rings. The standard InChI is InChI=1S/C65H42N2/c1-3-23-45(24-4-1)66(61-35-17-21-43-19-7-9-27-49(43)61)47-37-39-55-57(41-47)51-29-11-12-32-54(51)63-56-40-38-48(67(46-25-5-2-6-26-46)62-36-18-22-44-20-8-10-28-50(44)62)42-60(56)65(64(55)63)58-33-15-13-30-52(58)53-31-14-16-34-59(53)65/h1-42H. The Bertz CT molecular complexity index is 3890. The van der Waals surface area contributed by atoms with Crippen LogP contribution < -0.4 is 9.80 Å². The third-order valence-electron chi connectivity index (χ3n) is 14.6. The normalized spacial score (nSPS) is 12.9. The molecule has 0 aromatic heterocycles. The Morgan fingerprint density at radius 2 is 0.716 bits per heavy atom. The number of fused-ring (bicyclic) bond motifs is 17. The number of hydrogen-bond acceptors (Lipinski definition) is 2. The Hall–Kier alpha value is -8.72. The monoisotopic (exact) mass is 850 g/mol. The predicted molar refractivity (Wildman–Crippen MR) is 282 cm³/mol. The van der Waals surface area contributed by atoms with Gasteiger partial charge in [-0.15, -0.1) is 0 Å². The molecule has 0 saturated carbocycles. The van der Waals surface area contributed by atoms with Crippen molar-refractivity contribution in [1.29, 1.82) is 0 Å². The summed E-state index contributed by atoms with van der Waals surface area (Å²) in [5.41, 5.74) is 16.7. The lowest BCUT2D eigenvalue weighted by molar-refractivity contribution is 0.801. The second-order valence-corrected chi connectivity index (χ2v) is 17.9. The smallest absolute Gasteiger partial charge is 0.0732 e. The van der Waals surface area contributed by atoms with Crippen LogP contribution in [0.4, 0.5) is 34.1 Å². The SMILES string of the molecule is c1ccc(N(c2ccc3c(c2)C2(c4ccccc4-c4ccccc42)c2c-3c3ccccc3c3cc(N(c4ccccc4)c4cccc5ccccc45)ccc23)c2cccc3ccccc23)cc1. The first kappa shape index (κ1) is 37.6. The van der Waals surface area contributed by atoms with Gasteiger partial charge in [-0.25, -0.2) is 0 Å². The van der Waals surface area contributed by atoms with E-state index in [9.17, 15) is 0 Å². The van der Waals surface area contributed by atoms with Gasteiger partial charge in [0.05, 0.1) is 16.8 Å². The van der Waals surface area contributed by atoms with Gasteiger partial charge in [0.1, 0.15) is 0 Å². The third-order valence-corrected chi connectivity index (χ3v) is 14.6. The van der Waals surface area contributed by atoms with Crippen LogP contribution in [0.25, 0.3) is 65.3 Å². The molecule has 14 rings (SSSR count). The molecule has 0 bridgehead atoms. The average molecular weight is 851 g/mol. The molecule has 0 unspecified atom stereocenters. The lowest BCUT2D eigenvalue weighted by atomic mass is 9.69. The molecule has 2 aliphatic rings. The zero-order valence-corrected chi connectivity index (χ0v) is 36.6. The van der Waals surface area contributed by atoms with Crippen LogP contribution in [0.2, 0.25) is 0 Å². The highest BCUT2D eigenvalue weighted by molar-refractivity contribution is 6.21. The first-order valence-electron chi connectivity index (χ1n) is 23.3. The summed E-state index contributed by atoms with van der Waals surface area (Å²) >= 11 is 0. The first-order chi connectivity index (χ1) is 33.3. The van der Waals surface area contributed by atoms with Crippen LogP contribution in [0.15, 0.2) is 255 Å². The summed E-state index contributed by atoms with van der Waals surface area (Å²) in [6.07, 6.45) is 0. The Labute approximate surface area is 389 Å². The maximum atomic E-state index is 2.52. The molecular weight excluding hydrogens is 809 g/mol. The molecule has 0 fully saturated rings. The van der Waals surface area contributed by atoms with E-state index in [1.807, 2.05) is 0 Å². The molecule has 0 N–H and O–H groups in total. The number of hydrogen-bond donors (Lipinski definition) is 0. The van der Waals surface area contributed by atoms with Crippen molar-refractivity contribution >= 4 is 77.2 Å². The first-order valence-corrected chi connectivity index (χ1v) is 23.3. The minimum absolute atomic E-state index is 0.604. The minimum Gasteiger partial charge on any atom is -0.310 e. The lowest BCUT2D eigenvalue weighted by Gasteiger charge is -2.33. The van der Waals surface area contributed by atoms with E-state index in [1.165, 1.54) is 87.6 Å². The van der Waals surface area contributed by atoms with Crippen molar-refractivity contribution < 1.29 is 0 Å². The van der Waals surface area contributed by atoms with Gasteiger partial charge in [-0.3, -0.25) is 0 Å². The summed E-state index contributed by atoms with van der Waals surface area (Å²) in [5, 5.41) is 9.88. The van der Waals surface area contributed by atoms with Gasteiger partial charge in [-0.2, -0.15) is 0 Å². The largest absolute Gasteiger partial charge is 0.310 e. The van der Waals surface area contributed by atoms with Crippen molar-refractivity contribution in [2.75, 3.05) is 9.80 Å². The number of rotatable bonds is 6. The summed E-state index contributed by atoms with van der Waals surface area (Å²) in [5.74, 6) is 0. The van der Waals surface area contributed by atoms with E-state index in [-0.39, 0.29) is 0 Å². The zero-order chi connectivity index (χ0) is 44.1. The van der Waals surface area contributed by atoms with Crippen molar-refractivity contribution in [2.45, 2.75) is 5.41 Å². The van der Waals surface area contributed by atoms with E-state index < -0.39 is 5.41 Å². The van der Waals surface area contributed by atoms with Crippen molar-refractivity contribution in [3.63, 3.8) is 0 Å². The van der Waals surface area contributed by atoms with E-state index in [4.69, 9.17) is 0 Å². The summed E-state index contributed by atoms with van der Waals surface area (Å²) in [4.78, 5) is 4.90. The highest BCUT2D eigenvalue weighted by Crippen LogP contribution is 2.66. The van der Waals surface area contributed by atoms with Gasteiger partial charge in [0.25, 0.3) is 0 Å². The van der Waals surface area contributed by atoms with Crippen LogP contribution in [0.1, 0.15) is 22.3 Å². The second-order valence-electron chi connectivity index (χ2n) is 17.9. The average Bonchev–Trinajstić information content (AvgIpc) is 3.87. The van der Waals surface area contributed by atoms with Crippen molar-refractivity contribution in [1.82, 2.24) is 0 Å². The quantitative estimate of drug-likeness (QED) is 0.154. The number of nitrogens with zero attached hydrogens (tertiary/aromatic N) is 2. The van der Waals surface area contributed by atoms with E-state index >= 15 is 0 Å². The zero-order valence-electron chi connectivity index (χ0n) is 36.6.